The Morgan fingerprint density at radius 3 is 2.55 bits per heavy atom. The van der Waals surface area contributed by atoms with Crippen LogP contribution in [0.1, 0.15) is 23.2 Å². The van der Waals surface area contributed by atoms with Gasteiger partial charge in [0.2, 0.25) is 5.91 Å². The van der Waals surface area contributed by atoms with Gasteiger partial charge in [-0.2, -0.15) is 0 Å². The molecule has 0 saturated heterocycles. The summed E-state index contributed by atoms with van der Waals surface area (Å²) in [5.74, 6) is 0.317. The van der Waals surface area contributed by atoms with Crippen LogP contribution in [0.3, 0.4) is 0 Å². The van der Waals surface area contributed by atoms with Crippen molar-refractivity contribution in [2.75, 3.05) is 13.7 Å². The Bertz CT molecular complexity index is 723. The van der Waals surface area contributed by atoms with E-state index in [1.807, 2.05) is 24.3 Å². The first-order valence-corrected chi connectivity index (χ1v) is 7.32. The maximum absolute atomic E-state index is 12.3. The van der Waals surface area contributed by atoms with E-state index in [1.165, 1.54) is 0 Å². The van der Waals surface area contributed by atoms with Gasteiger partial charge in [0.1, 0.15) is 5.75 Å². The zero-order chi connectivity index (χ0) is 15.5. The van der Waals surface area contributed by atoms with Gasteiger partial charge in [-0.25, -0.2) is 0 Å². The second-order valence-corrected chi connectivity index (χ2v) is 5.39. The Hall–Kier alpha value is -2.56. The molecule has 0 bridgehead atoms. The van der Waals surface area contributed by atoms with E-state index in [9.17, 15) is 9.59 Å². The van der Waals surface area contributed by atoms with Crippen LogP contribution >= 0.6 is 0 Å². The van der Waals surface area contributed by atoms with Gasteiger partial charge in [0.15, 0.2) is 0 Å². The number of hydrogen-bond donors (Lipinski definition) is 2. The van der Waals surface area contributed by atoms with Crippen LogP contribution in [0.5, 0.6) is 5.75 Å². The van der Waals surface area contributed by atoms with E-state index >= 15 is 0 Å². The molecule has 0 spiro atoms. The molecule has 2 N–H and O–H groups in total. The second kappa shape index (κ2) is 6.05. The average Bonchev–Trinajstić information content (AvgIpc) is 3.35. The van der Waals surface area contributed by atoms with Crippen LogP contribution in [0.15, 0.2) is 36.4 Å². The van der Waals surface area contributed by atoms with Crippen LogP contribution in [0.4, 0.5) is 0 Å². The van der Waals surface area contributed by atoms with E-state index in [0.29, 0.717) is 11.6 Å². The summed E-state index contributed by atoms with van der Waals surface area (Å²) in [6.07, 6.45) is 2.06. The molecular formula is C17H18N2O3. The summed E-state index contributed by atoms with van der Waals surface area (Å²) in [6, 6.07) is 11.3. The fourth-order valence-electron chi connectivity index (χ4n) is 2.41. The molecule has 5 heteroatoms. The molecule has 0 aromatic heterocycles. The fourth-order valence-corrected chi connectivity index (χ4v) is 2.41. The molecule has 114 valence electrons. The molecule has 0 radical (unpaired) electrons. The lowest BCUT2D eigenvalue weighted by molar-refractivity contribution is -0.120. The number of ether oxygens (including phenoxy) is 1. The lowest BCUT2D eigenvalue weighted by Gasteiger charge is -2.11. The summed E-state index contributed by atoms with van der Waals surface area (Å²) in [4.78, 5) is 24.0. The Morgan fingerprint density at radius 2 is 1.86 bits per heavy atom. The van der Waals surface area contributed by atoms with E-state index in [4.69, 9.17) is 4.74 Å². The highest BCUT2D eigenvalue weighted by atomic mass is 16.5. The first-order chi connectivity index (χ1) is 10.7. The molecule has 2 amide bonds. The number of rotatable bonds is 5. The van der Waals surface area contributed by atoms with E-state index in [2.05, 4.69) is 10.6 Å². The van der Waals surface area contributed by atoms with Crippen molar-refractivity contribution in [3.63, 3.8) is 0 Å². The van der Waals surface area contributed by atoms with Crippen molar-refractivity contribution in [1.82, 2.24) is 10.6 Å². The summed E-state index contributed by atoms with van der Waals surface area (Å²) >= 11 is 0. The molecule has 1 fully saturated rings. The van der Waals surface area contributed by atoms with Crippen molar-refractivity contribution in [1.29, 1.82) is 0 Å². The maximum atomic E-state index is 12.3. The molecule has 1 aliphatic rings. The molecule has 0 heterocycles. The highest BCUT2D eigenvalue weighted by Gasteiger charge is 2.23. The highest BCUT2D eigenvalue weighted by molar-refractivity contribution is 6.09. The van der Waals surface area contributed by atoms with Crippen molar-refractivity contribution in [3.05, 3.63) is 42.0 Å². The van der Waals surface area contributed by atoms with Crippen molar-refractivity contribution < 1.29 is 14.3 Å². The lowest BCUT2D eigenvalue weighted by atomic mass is 10.0. The number of carbonyl (C=O) groups is 2. The number of fused-ring (bicyclic) bond motifs is 1. The normalized spacial score (nSPS) is 13.7. The van der Waals surface area contributed by atoms with Gasteiger partial charge in [0.25, 0.3) is 5.91 Å². The molecule has 2 aromatic carbocycles. The third-order valence-corrected chi connectivity index (χ3v) is 3.70. The molecule has 1 aliphatic carbocycles. The number of benzene rings is 2. The highest BCUT2D eigenvalue weighted by Crippen LogP contribution is 2.28. The monoisotopic (exact) mass is 298 g/mol. The molecule has 22 heavy (non-hydrogen) atoms. The van der Waals surface area contributed by atoms with Crippen molar-refractivity contribution in [2.45, 2.75) is 18.9 Å². The minimum atomic E-state index is -0.259. The van der Waals surface area contributed by atoms with Gasteiger partial charge < -0.3 is 15.4 Å². The van der Waals surface area contributed by atoms with Crippen molar-refractivity contribution in [2.24, 2.45) is 0 Å². The molecule has 0 atom stereocenters. The van der Waals surface area contributed by atoms with E-state index in [1.54, 1.807) is 19.2 Å². The standard InChI is InChI=1S/C17H18N2O3/c1-22-15-9-8-14(12-4-2-3-5-13(12)15)17(21)18-10-16(20)19-11-6-7-11/h2-5,8-9,11H,6-7,10H2,1H3,(H,18,21)(H,19,20). The molecule has 3 rings (SSSR count). The molecular weight excluding hydrogens is 280 g/mol. The molecule has 2 aromatic rings. The Labute approximate surface area is 128 Å². The summed E-state index contributed by atoms with van der Waals surface area (Å²) in [5.41, 5.74) is 0.538. The smallest absolute Gasteiger partial charge is 0.252 e. The van der Waals surface area contributed by atoms with Crippen molar-refractivity contribution in [3.8, 4) is 5.75 Å². The van der Waals surface area contributed by atoms with Crippen LogP contribution in [0.2, 0.25) is 0 Å². The fraction of sp³-hybridized carbons (Fsp3) is 0.294. The van der Waals surface area contributed by atoms with Gasteiger partial charge in [-0.05, 0) is 30.4 Å². The van der Waals surface area contributed by atoms with E-state index in [-0.39, 0.29) is 18.4 Å². The molecule has 1 saturated carbocycles. The number of nitrogens with one attached hydrogen (secondary N) is 2. The van der Waals surface area contributed by atoms with Gasteiger partial charge in [-0.15, -0.1) is 0 Å². The summed E-state index contributed by atoms with van der Waals surface area (Å²) in [7, 11) is 1.60. The summed E-state index contributed by atoms with van der Waals surface area (Å²) < 4.78 is 5.32. The third-order valence-electron chi connectivity index (χ3n) is 3.70. The Kier molecular flexibility index (Phi) is 3.96. The minimum Gasteiger partial charge on any atom is -0.496 e. The molecule has 5 nitrogen and oxygen atoms in total. The quantitative estimate of drug-likeness (QED) is 0.885. The van der Waals surface area contributed by atoms with Gasteiger partial charge in [0.05, 0.1) is 13.7 Å². The SMILES string of the molecule is COc1ccc(C(=O)NCC(=O)NC2CC2)c2ccccc12. The molecule has 0 aliphatic heterocycles. The second-order valence-electron chi connectivity index (χ2n) is 5.39. The Balaban J connectivity index is 1.77. The minimum absolute atomic E-state index is 0.00428. The van der Waals surface area contributed by atoms with Crippen LogP contribution in [0, 0.1) is 0 Å². The number of carbonyl (C=O) groups excluding carboxylic acids is 2. The predicted molar refractivity (Wildman–Crippen MR) is 84.0 cm³/mol. The predicted octanol–water partition coefficient (Wildman–Crippen LogP) is 1.86. The zero-order valence-electron chi connectivity index (χ0n) is 12.4. The molecule has 0 unspecified atom stereocenters. The number of hydrogen-bond acceptors (Lipinski definition) is 3. The van der Waals surface area contributed by atoms with Crippen LogP contribution < -0.4 is 15.4 Å². The summed E-state index contributed by atoms with van der Waals surface area (Å²) in [5, 5.41) is 7.19. The van der Waals surface area contributed by atoms with E-state index < -0.39 is 0 Å². The first kappa shape index (κ1) is 14.4. The third kappa shape index (κ3) is 3.03. The van der Waals surface area contributed by atoms with Crippen molar-refractivity contribution >= 4 is 22.6 Å². The van der Waals surface area contributed by atoms with Crippen LogP contribution in [-0.4, -0.2) is 31.5 Å². The summed E-state index contributed by atoms with van der Waals surface area (Å²) in [6.45, 7) is -0.00428. The zero-order valence-corrected chi connectivity index (χ0v) is 12.4. The topological polar surface area (TPSA) is 67.4 Å². The van der Waals surface area contributed by atoms with Crippen LogP contribution in [-0.2, 0) is 4.79 Å². The van der Waals surface area contributed by atoms with Gasteiger partial charge in [-0.3, -0.25) is 9.59 Å². The Morgan fingerprint density at radius 1 is 1.14 bits per heavy atom. The lowest BCUT2D eigenvalue weighted by Crippen LogP contribution is -2.37. The van der Waals surface area contributed by atoms with Gasteiger partial charge >= 0.3 is 0 Å². The number of methoxy groups -OCH3 is 1. The van der Waals surface area contributed by atoms with Gasteiger partial charge in [0, 0.05) is 17.0 Å². The number of amides is 2. The first-order valence-electron chi connectivity index (χ1n) is 7.32. The van der Waals surface area contributed by atoms with Crippen LogP contribution in [0.25, 0.3) is 10.8 Å². The van der Waals surface area contributed by atoms with E-state index in [0.717, 1.165) is 29.4 Å². The maximum Gasteiger partial charge on any atom is 0.252 e. The average molecular weight is 298 g/mol. The van der Waals surface area contributed by atoms with Gasteiger partial charge in [-0.1, -0.05) is 24.3 Å². The largest absolute Gasteiger partial charge is 0.496 e.